The third-order valence-electron chi connectivity index (χ3n) is 4.93. The minimum atomic E-state index is -0.628. The van der Waals surface area contributed by atoms with Gasteiger partial charge in [-0.15, -0.1) is 5.10 Å². The molecule has 7 heteroatoms. The maximum absolute atomic E-state index is 12.8. The van der Waals surface area contributed by atoms with Gasteiger partial charge in [-0.25, -0.2) is 0 Å². The molecule has 1 aliphatic rings. The number of hydrogen-bond donors (Lipinski definition) is 3. The van der Waals surface area contributed by atoms with Crippen molar-refractivity contribution in [2.75, 3.05) is 0 Å². The molecule has 1 atom stereocenters. The highest BCUT2D eigenvalue weighted by Gasteiger charge is 2.35. The molecule has 0 aliphatic carbocycles. The van der Waals surface area contributed by atoms with Crippen LogP contribution in [0.4, 0.5) is 0 Å². The van der Waals surface area contributed by atoms with Crippen LogP contribution in [0.15, 0.2) is 34.4 Å². The molecular formula is C19H17N5O2. The van der Waals surface area contributed by atoms with Crippen molar-refractivity contribution < 1.29 is 4.74 Å². The second-order valence-electron chi connectivity index (χ2n) is 6.57. The fourth-order valence-electron chi connectivity index (χ4n) is 3.42. The molecule has 130 valence electrons. The van der Waals surface area contributed by atoms with E-state index in [1.165, 1.54) is 0 Å². The van der Waals surface area contributed by atoms with Gasteiger partial charge in [0.25, 0.3) is 5.56 Å². The SMILES string of the molecule is Cc1cc2cc([C@H]3C(C#N)=C(N)Oc4n[nH]c(C)c43)c(=O)[nH]c2cc1C. The van der Waals surface area contributed by atoms with Crippen LogP contribution in [-0.2, 0) is 0 Å². The molecule has 0 fully saturated rings. The highest BCUT2D eigenvalue weighted by Crippen LogP contribution is 2.41. The number of nitrogens with two attached hydrogens (primary N) is 1. The third-order valence-corrected chi connectivity index (χ3v) is 4.93. The number of benzene rings is 1. The summed E-state index contributed by atoms with van der Waals surface area (Å²) in [5.74, 6) is -0.364. The topological polar surface area (TPSA) is 121 Å². The van der Waals surface area contributed by atoms with Crippen LogP contribution in [-0.4, -0.2) is 15.2 Å². The van der Waals surface area contributed by atoms with Crippen molar-refractivity contribution in [3.63, 3.8) is 0 Å². The molecule has 0 saturated heterocycles. The quantitative estimate of drug-likeness (QED) is 0.624. The van der Waals surface area contributed by atoms with E-state index in [2.05, 4.69) is 21.3 Å². The van der Waals surface area contributed by atoms with Crippen LogP contribution in [0.5, 0.6) is 5.88 Å². The molecule has 26 heavy (non-hydrogen) atoms. The van der Waals surface area contributed by atoms with Crippen LogP contribution in [0.25, 0.3) is 10.9 Å². The van der Waals surface area contributed by atoms with Crippen LogP contribution < -0.4 is 16.0 Å². The summed E-state index contributed by atoms with van der Waals surface area (Å²) >= 11 is 0. The monoisotopic (exact) mass is 347 g/mol. The molecule has 0 spiro atoms. The van der Waals surface area contributed by atoms with Gasteiger partial charge in [-0.05, 0) is 55.5 Å². The van der Waals surface area contributed by atoms with E-state index in [1.807, 2.05) is 39.0 Å². The van der Waals surface area contributed by atoms with Gasteiger partial charge in [0.2, 0.25) is 11.8 Å². The number of nitriles is 1. The standard InChI is InChI=1S/C19H17N5O2/c1-8-4-11-6-12(18(25)22-14(11)5-9(8)2)16-13(7-20)17(21)26-19-15(16)10(3)23-24-19/h4-6,16H,21H2,1-3H3,(H,22,25)(H,23,24)/t16-/m0/s1. The molecule has 3 aromatic rings. The summed E-state index contributed by atoms with van der Waals surface area (Å²) in [6, 6.07) is 7.88. The fraction of sp³-hybridized carbons (Fsp3) is 0.211. The summed E-state index contributed by atoms with van der Waals surface area (Å²) < 4.78 is 5.45. The van der Waals surface area contributed by atoms with Crippen LogP contribution in [0.1, 0.15) is 33.9 Å². The molecule has 2 aromatic heterocycles. The number of hydrogen-bond acceptors (Lipinski definition) is 5. The van der Waals surface area contributed by atoms with E-state index in [9.17, 15) is 10.1 Å². The number of ether oxygens (including phenoxy) is 1. The van der Waals surface area contributed by atoms with Crippen LogP contribution in [0, 0.1) is 32.1 Å². The molecule has 0 radical (unpaired) electrons. The number of fused-ring (bicyclic) bond motifs is 2. The summed E-state index contributed by atoms with van der Waals surface area (Å²) in [6.45, 7) is 5.84. The Morgan fingerprint density at radius 1 is 1.23 bits per heavy atom. The minimum absolute atomic E-state index is 0.0314. The lowest BCUT2D eigenvalue weighted by Gasteiger charge is -2.23. The van der Waals surface area contributed by atoms with Gasteiger partial charge in [0.1, 0.15) is 11.6 Å². The summed E-state index contributed by atoms with van der Waals surface area (Å²) in [6.07, 6.45) is 0. The second-order valence-corrected chi connectivity index (χ2v) is 6.57. The Morgan fingerprint density at radius 2 is 1.96 bits per heavy atom. The Morgan fingerprint density at radius 3 is 2.69 bits per heavy atom. The van der Waals surface area contributed by atoms with E-state index in [0.717, 1.165) is 27.7 Å². The van der Waals surface area contributed by atoms with Gasteiger partial charge >= 0.3 is 0 Å². The van der Waals surface area contributed by atoms with E-state index >= 15 is 0 Å². The molecular weight excluding hydrogens is 330 g/mol. The van der Waals surface area contributed by atoms with E-state index in [-0.39, 0.29) is 17.0 Å². The zero-order valence-corrected chi connectivity index (χ0v) is 14.6. The number of allylic oxidation sites excluding steroid dienone is 1. The average Bonchev–Trinajstić information content (AvgIpc) is 2.95. The largest absolute Gasteiger partial charge is 0.420 e. The van der Waals surface area contributed by atoms with E-state index < -0.39 is 5.92 Å². The molecule has 4 rings (SSSR count). The molecule has 0 unspecified atom stereocenters. The first kappa shape index (κ1) is 16.0. The van der Waals surface area contributed by atoms with Crippen molar-refractivity contribution in [1.29, 1.82) is 5.26 Å². The van der Waals surface area contributed by atoms with Gasteiger partial charge in [-0.2, -0.15) is 5.26 Å². The highest BCUT2D eigenvalue weighted by atomic mass is 16.5. The lowest BCUT2D eigenvalue weighted by atomic mass is 9.84. The molecule has 1 aromatic carbocycles. The Labute approximate surface area is 149 Å². The average molecular weight is 347 g/mol. The summed E-state index contributed by atoms with van der Waals surface area (Å²) in [5.41, 5.74) is 10.7. The molecule has 3 heterocycles. The Bertz CT molecular complexity index is 1190. The Hall–Kier alpha value is -3.53. The summed E-state index contributed by atoms with van der Waals surface area (Å²) in [4.78, 5) is 15.8. The zero-order chi connectivity index (χ0) is 18.6. The normalized spacial score (nSPS) is 16.3. The molecule has 7 nitrogen and oxygen atoms in total. The van der Waals surface area contributed by atoms with Crippen LogP contribution in [0.3, 0.4) is 0 Å². The molecule has 4 N–H and O–H groups in total. The van der Waals surface area contributed by atoms with Gasteiger partial charge in [0.05, 0.1) is 5.92 Å². The Balaban J connectivity index is 2.04. The predicted octanol–water partition coefficient (Wildman–Crippen LogP) is 2.39. The first-order valence-electron chi connectivity index (χ1n) is 8.17. The number of H-pyrrole nitrogens is 2. The second kappa shape index (κ2) is 5.49. The van der Waals surface area contributed by atoms with E-state index in [4.69, 9.17) is 10.5 Å². The number of aromatic nitrogens is 3. The van der Waals surface area contributed by atoms with Crippen LogP contribution in [0.2, 0.25) is 0 Å². The number of aromatic amines is 2. The van der Waals surface area contributed by atoms with Crippen molar-refractivity contribution >= 4 is 10.9 Å². The number of nitrogens with one attached hydrogen (secondary N) is 2. The lowest BCUT2D eigenvalue weighted by molar-refractivity contribution is 0.378. The number of rotatable bonds is 1. The lowest BCUT2D eigenvalue weighted by Crippen LogP contribution is -2.25. The zero-order valence-electron chi connectivity index (χ0n) is 14.6. The maximum Gasteiger partial charge on any atom is 0.252 e. The number of nitrogens with zero attached hydrogens (tertiary/aromatic N) is 2. The summed E-state index contributed by atoms with van der Waals surface area (Å²) in [7, 11) is 0. The predicted molar refractivity (Wildman–Crippen MR) is 96.7 cm³/mol. The molecule has 0 bridgehead atoms. The van der Waals surface area contributed by atoms with Crippen molar-refractivity contribution in [3.8, 4) is 11.9 Å². The maximum atomic E-state index is 12.8. The number of aryl methyl sites for hydroxylation is 3. The van der Waals surface area contributed by atoms with E-state index in [1.54, 1.807) is 0 Å². The molecule has 0 amide bonds. The van der Waals surface area contributed by atoms with Gasteiger partial charge in [0.15, 0.2) is 0 Å². The minimum Gasteiger partial charge on any atom is -0.420 e. The first-order valence-corrected chi connectivity index (χ1v) is 8.17. The molecule has 1 aliphatic heterocycles. The Kier molecular flexibility index (Phi) is 3.37. The molecule has 0 saturated carbocycles. The third kappa shape index (κ3) is 2.19. The smallest absolute Gasteiger partial charge is 0.252 e. The van der Waals surface area contributed by atoms with Crippen molar-refractivity contribution in [1.82, 2.24) is 15.2 Å². The van der Waals surface area contributed by atoms with Crippen molar-refractivity contribution in [2.45, 2.75) is 26.7 Å². The summed E-state index contributed by atoms with van der Waals surface area (Å²) in [5, 5.41) is 17.4. The fourth-order valence-corrected chi connectivity index (χ4v) is 3.42. The highest BCUT2D eigenvalue weighted by molar-refractivity contribution is 5.81. The van der Waals surface area contributed by atoms with Gasteiger partial charge in [-0.3, -0.25) is 9.89 Å². The first-order chi connectivity index (χ1) is 12.4. The number of pyridine rings is 1. The van der Waals surface area contributed by atoms with E-state index in [0.29, 0.717) is 17.0 Å². The van der Waals surface area contributed by atoms with Gasteiger partial charge < -0.3 is 15.5 Å². The van der Waals surface area contributed by atoms with Crippen molar-refractivity contribution in [3.05, 3.63) is 68.0 Å². The van der Waals surface area contributed by atoms with Gasteiger partial charge in [0, 0.05) is 22.3 Å². The van der Waals surface area contributed by atoms with Gasteiger partial charge in [-0.1, -0.05) is 0 Å². The van der Waals surface area contributed by atoms with Crippen molar-refractivity contribution in [2.24, 2.45) is 5.73 Å². The van der Waals surface area contributed by atoms with Crippen LogP contribution >= 0.6 is 0 Å².